The van der Waals surface area contributed by atoms with E-state index in [1.165, 1.54) is 0 Å². The van der Waals surface area contributed by atoms with E-state index in [0.717, 1.165) is 20.8 Å². The van der Waals surface area contributed by atoms with Crippen molar-refractivity contribution in [1.29, 1.82) is 0 Å². The molecule has 120 valence electrons. The van der Waals surface area contributed by atoms with Crippen LogP contribution >= 0.6 is 46.3 Å². The zero-order chi connectivity index (χ0) is 16.6. The number of nitrogens with zero attached hydrogens (tertiary/aromatic N) is 1. The van der Waals surface area contributed by atoms with Gasteiger partial charge < -0.3 is 4.98 Å². The molecule has 0 fully saturated rings. The highest BCUT2D eigenvalue weighted by Gasteiger charge is 2.12. The Hall–Kier alpha value is -1.01. The summed E-state index contributed by atoms with van der Waals surface area (Å²) in [5, 5.41) is 2.02. The van der Waals surface area contributed by atoms with Gasteiger partial charge in [0.1, 0.15) is 10.7 Å². The third-order valence-corrected chi connectivity index (χ3v) is 6.41. The third-order valence-electron chi connectivity index (χ3n) is 3.63. The van der Waals surface area contributed by atoms with Crippen molar-refractivity contribution in [3.05, 3.63) is 60.4 Å². The van der Waals surface area contributed by atoms with Crippen molar-refractivity contribution in [3.63, 3.8) is 0 Å². The first kappa shape index (κ1) is 16.8. The van der Waals surface area contributed by atoms with Crippen LogP contribution in [-0.2, 0) is 11.5 Å². The normalized spacial score (nSPS) is 11.3. The van der Waals surface area contributed by atoms with Gasteiger partial charge in [-0.15, -0.1) is 23.1 Å². The topological polar surface area (TPSA) is 45.8 Å². The number of H-pyrrole nitrogens is 1. The standard InChI is InChI=1S/C16H14Cl2N2OS2/c1-8-9(2)23-16-14(8)15(21)19-13(20-16)7-22-6-10-11(17)4-3-5-12(10)18/h3-5H,6-7H2,1-2H3,(H,19,20,21). The molecule has 0 saturated carbocycles. The Morgan fingerprint density at radius 2 is 1.91 bits per heavy atom. The van der Waals surface area contributed by atoms with E-state index in [0.29, 0.717) is 32.8 Å². The van der Waals surface area contributed by atoms with Crippen molar-refractivity contribution >= 4 is 56.5 Å². The minimum atomic E-state index is -0.0665. The van der Waals surface area contributed by atoms with Crippen molar-refractivity contribution in [2.24, 2.45) is 0 Å². The molecule has 0 aliphatic carbocycles. The number of aromatic nitrogens is 2. The van der Waals surface area contributed by atoms with E-state index >= 15 is 0 Å². The van der Waals surface area contributed by atoms with Gasteiger partial charge in [-0.2, -0.15) is 0 Å². The van der Waals surface area contributed by atoms with Crippen LogP contribution in [-0.4, -0.2) is 9.97 Å². The highest BCUT2D eigenvalue weighted by atomic mass is 35.5. The molecular formula is C16H14Cl2N2OS2. The highest BCUT2D eigenvalue weighted by molar-refractivity contribution is 7.97. The summed E-state index contributed by atoms with van der Waals surface area (Å²) in [5.41, 5.74) is 1.86. The lowest BCUT2D eigenvalue weighted by Gasteiger charge is -2.06. The smallest absolute Gasteiger partial charge is 0.259 e. The van der Waals surface area contributed by atoms with Crippen molar-refractivity contribution in [1.82, 2.24) is 9.97 Å². The molecule has 0 amide bonds. The molecule has 0 spiro atoms. The average molecular weight is 385 g/mol. The van der Waals surface area contributed by atoms with Crippen LogP contribution in [0.4, 0.5) is 0 Å². The van der Waals surface area contributed by atoms with E-state index in [4.69, 9.17) is 23.2 Å². The summed E-state index contributed by atoms with van der Waals surface area (Å²) in [5.74, 6) is 1.95. The van der Waals surface area contributed by atoms with Crippen molar-refractivity contribution < 1.29 is 0 Å². The van der Waals surface area contributed by atoms with Gasteiger partial charge in [0.15, 0.2) is 0 Å². The fourth-order valence-electron chi connectivity index (χ4n) is 2.29. The van der Waals surface area contributed by atoms with Crippen LogP contribution in [0, 0.1) is 13.8 Å². The summed E-state index contributed by atoms with van der Waals surface area (Å²) in [4.78, 5) is 21.6. The van der Waals surface area contributed by atoms with Gasteiger partial charge in [0, 0.05) is 20.7 Å². The Labute approximate surface area is 152 Å². The molecule has 1 aromatic carbocycles. The molecule has 0 aliphatic rings. The predicted octanol–water partition coefficient (Wildman–Crippen LogP) is 5.34. The number of rotatable bonds is 4. The van der Waals surface area contributed by atoms with Gasteiger partial charge >= 0.3 is 0 Å². The van der Waals surface area contributed by atoms with Gasteiger partial charge in [-0.1, -0.05) is 29.3 Å². The highest BCUT2D eigenvalue weighted by Crippen LogP contribution is 2.30. The Kier molecular flexibility index (Phi) is 5.01. The molecule has 0 radical (unpaired) electrons. The van der Waals surface area contributed by atoms with E-state index in [9.17, 15) is 4.79 Å². The second-order valence-corrected chi connectivity index (χ2v) is 8.17. The van der Waals surface area contributed by atoms with E-state index in [1.54, 1.807) is 23.1 Å². The van der Waals surface area contributed by atoms with Crippen LogP contribution in [0.1, 0.15) is 21.8 Å². The Bertz CT molecular complexity index is 913. The summed E-state index contributed by atoms with van der Waals surface area (Å²) < 4.78 is 0. The molecule has 0 atom stereocenters. The number of thiophene rings is 1. The number of benzene rings is 1. The maximum Gasteiger partial charge on any atom is 0.259 e. The molecule has 2 heterocycles. The molecule has 2 aromatic heterocycles. The Balaban J connectivity index is 1.79. The second kappa shape index (κ2) is 6.85. The molecular weight excluding hydrogens is 371 g/mol. The number of aryl methyl sites for hydroxylation is 2. The van der Waals surface area contributed by atoms with Crippen LogP contribution in [0.15, 0.2) is 23.0 Å². The van der Waals surface area contributed by atoms with Gasteiger partial charge in [0.05, 0.1) is 11.1 Å². The summed E-state index contributed by atoms with van der Waals surface area (Å²) in [6.07, 6.45) is 0. The average Bonchev–Trinajstić information content (AvgIpc) is 2.77. The van der Waals surface area contributed by atoms with Crippen molar-refractivity contribution in [2.45, 2.75) is 25.4 Å². The van der Waals surface area contributed by atoms with Gasteiger partial charge in [0.25, 0.3) is 5.56 Å². The number of halogens is 2. The van der Waals surface area contributed by atoms with Gasteiger partial charge in [0.2, 0.25) is 0 Å². The zero-order valence-corrected chi connectivity index (χ0v) is 15.7. The maximum absolute atomic E-state index is 12.2. The van der Waals surface area contributed by atoms with E-state index in [-0.39, 0.29) is 5.56 Å². The first-order chi connectivity index (χ1) is 11.0. The van der Waals surface area contributed by atoms with E-state index in [2.05, 4.69) is 9.97 Å². The van der Waals surface area contributed by atoms with Crippen LogP contribution in [0.25, 0.3) is 10.2 Å². The lowest BCUT2D eigenvalue weighted by molar-refractivity contribution is 1.04. The molecule has 3 nitrogen and oxygen atoms in total. The lowest BCUT2D eigenvalue weighted by Crippen LogP contribution is -2.10. The lowest BCUT2D eigenvalue weighted by atomic mass is 10.2. The maximum atomic E-state index is 12.2. The zero-order valence-electron chi connectivity index (χ0n) is 12.6. The second-order valence-electron chi connectivity index (χ2n) is 5.17. The molecule has 23 heavy (non-hydrogen) atoms. The monoisotopic (exact) mass is 384 g/mol. The van der Waals surface area contributed by atoms with E-state index in [1.807, 2.05) is 32.0 Å². The molecule has 7 heteroatoms. The molecule has 1 N–H and O–H groups in total. The first-order valence-corrected chi connectivity index (χ1v) is 9.69. The number of hydrogen-bond acceptors (Lipinski definition) is 4. The number of thioether (sulfide) groups is 1. The SMILES string of the molecule is Cc1sc2nc(CSCc3c(Cl)cccc3Cl)[nH]c(=O)c2c1C. The number of aromatic amines is 1. The first-order valence-electron chi connectivity index (χ1n) is 6.97. The summed E-state index contributed by atoms with van der Waals surface area (Å²) >= 11 is 15.5. The molecule has 0 saturated heterocycles. The number of fused-ring (bicyclic) bond motifs is 1. The minimum Gasteiger partial charge on any atom is -0.309 e. The minimum absolute atomic E-state index is 0.0665. The summed E-state index contributed by atoms with van der Waals surface area (Å²) in [6, 6.07) is 5.48. The molecule has 0 bridgehead atoms. The summed E-state index contributed by atoms with van der Waals surface area (Å²) in [7, 11) is 0. The molecule has 3 aromatic rings. The van der Waals surface area contributed by atoms with Crippen molar-refractivity contribution in [2.75, 3.05) is 0 Å². The van der Waals surface area contributed by atoms with Crippen LogP contribution in [0.5, 0.6) is 0 Å². The predicted molar refractivity (Wildman–Crippen MR) is 101 cm³/mol. The number of nitrogens with one attached hydrogen (secondary N) is 1. The van der Waals surface area contributed by atoms with Gasteiger partial charge in [-0.3, -0.25) is 4.79 Å². The van der Waals surface area contributed by atoms with Gasteiger partial charge in [-0.25, -0.2) is 4.98 Å². The van der Waals surface area contributed by atoms with Gasteiger partial charge in [-0.05, 0) is 37.1 Å². The Morgan fingerprint density at radius 1 is 1.22 bits per heavy atom. The molecule has 0 aliphatic heterocycles. The molecule has 3 rings (SSSR count). The Morgan fingerprint density at radius 3 is 2.61 bits per heavy atom. The van der Waals surface area contributed by atoms with Crippen LogP contribution in [0.2, 0.25) is 10.0 Å². The fourth-order valence-corrected chi connectivity index (χ4v) is 4.97. The summed E-state index contributed by atoms with van der Waals surface area (Å²) in [6.45, 7) is 3.97. The largest absolute Gasteiger partial charge is 0.309 e. The van der Waals surface area contributed by atoms with E-state index < -0.39 is 0 Å². The quantitative estimate of drug-likeness (QED) is 0.659. The fraction of sp³-hybridized carbons (Fsp3) is 0.250. The third kappa shape index (κ3) is 3.43. The molecule has 0 unspecified atom stereocenters. The van der Waals surface area contributed by atoms with Crippen LogP contribution < -0.4 is 5.56 Å². The van der Waals surface area contributed by atoms with Crippen molar-refractivity contribution in [3.8, 4) is 0 Å². The number of hydrogen-bond donors (Lipinski definition) is 1. The van der Waals surface area contributed by atoms with Crippen LogP contribution in [0.3, 0.4) is 0 Å².